The minimum atomic E-state index is 0.763. The molecule has 0 amide bonds. The molecule has 210 valence electrons. The number of hydrogen-bond donors (Lipinski definition) is 0. The highest BCUT2D eigenvalue weighted by molar-refractivity contribution is 6.24. The van der Waals surface area contributed by atoms with E-state index in [-0.39, 0.29) is 0 Å². The van der Waals surface area contributed by atoms with Crippen LogP contribution in [0.1, 0.15) is 0 Å². The maximum absolute atomic E-state index is 6.72. The Morgan fingerprint density at radius 2 is 1.18 bits per heavy atom. The Bertz CT molecular complexity index is 2730. The second-order valence-corrected chi connectivity index (χ2v) is 11.5. The first-order chi connectivity index (χ1) is 22.3. The average molecular weight is 577 g/mol. The van der Waals surface area contributed by atoms with Gasteiger partial charge in [-0.25, -0.2) is 9.97 Å². The molecule has 0 aliphatic rings. The molecule has 10 rings (SSSR count). The van der Waals surface area contributed by atoms with Gasteiger partial charge in [0.1, 0.15) is 23.1 Å². The van der Waals surface area contributed by atoms with E-state index in [2.05, 4.69) is 130 Å². The summed E-state index contributed by atoms with van der Waals surface area (Å²) in [5, 5.41) is 9.42. The molecule has 0 aliphatic heterocycles. The monoisotopic (exact) mass is 576 g/mol. The zero-order valence-electron chi connectivity index (χ0n) is 24.1. The lowest BCUT2D eigenvalue weighted by Gasteiger charge is -2.12. The average Bonchev–Trinajstić information content (AvgIpc) is 3.60. The van der Waals surface area contributed by atoms with Crippen molar-refractivity contribution in [2.24, 2.45) is 0 Å². The predicted octanol–water partition coefficient (Wildman–Crippen LogP) is 10.2. The minimum Gasteiger partial charge on any atom is -0.457 e. The number of fused-ring (bicyclic) bond motifs is 4. The van der Waals surface area contributed by atoms with Gasteiger partial charge in [0.15, 0.2) is 0 Å². The molecular formula is C40H24N4O. The number of aromatic nitrogens is 4. The molecule has 0 atom stereocenters. The van der Waals surface area contributed by atoms with Crippen molar-refractivity contribution in [3.05, 3.63) is 146 Å². The van der Waals surface area contributed by atoms with Crippen LogP contribution in [0.2, 0.25) is 0 Å². The molecule has 0 bridgehead atoms. The molecule has 0 unspecified atom stereocenters. The third kappa shape index (κ3) is 3.49. The van der Waals surface area contributed by atoms with Gasteiger partial charge in [-0.15, -0.1) is 0 Å². The quantitative estimate of drug-likeness (QED) is 0.196. The molecule has 0 spiro atoms. The lowest BCUT2D eigenvalue weighted by Crippen LogP contribution is -1.98. The van der Waals surface area contributed by atoms with Crippen molar-refractivity contribution in [1.82, 2.24) is 19.1 Å². The van der Waals surface area contributed by atoms with Crippen molar-refractivity contribution in [3.63, 3.8) is 0 Å². The maximum atomic E-state index is 6.72. The normalized spacial score (nSPS) is 12.0. The third-order valence-corrected chi connectivity index (χ3v) is 8.99. The fourth-order valence-corrected chi connectivity index (χ4v) is 7.12. The van der Waals surface area contributed by atoms with Crippen molar-refractivity contribution in [2.75, 3.05) is 0 Å². The summed E-state index contributed by atoms with van der Waals surface area (Å²) < 4.78 is 11.2. The fraction of sp³-hybridized carbons (Fsp3) is 0. The first-order valence-corrected chi connectivity index (χ1v) is 15.1. The molecule has 0 radical (unpaired) electrons. The molecular weight excluding hydrogens is 552 g/mol. The molecule has 10 aromatic rings. The van der Waals surface area contributed by atoms with Crippen LogP contribution in [0.5, 0.6) is 11.5 Å². The molecule has 0 saturated heterocycles. The number of pyridine rings is 2. The Morgan fingerprint density at radius 3 is 2.11 bits per heavy atom. The van der Waals surface area contributed by atoms with Crippen molar-refractivity contribution in [2.45, 2.75) is 0 Å². The van der Waals surface area contributed by atoms with E-state index < -0.39 is 0 Å². The molecule has 5 heteroatoms. The maximum Gasteiger partial charge on any atom is 0.145 e. The fourth-order valence-electron chi connectivity index (χ4n) is 7.12. The van der Waals surface area contributed by atoms with Crippen LogP contribution in [0, 0.1) is 0 Å². The van der Waals surface area contributed by atoms with Gasteiger partial charge in [-0.05, 0) is 64.7 Å². The number of hydrogen-bond acceptors (Lipinski definition) is 3. The Balaban J connectivity index is 1.19. The second-order valence-electron chi connectivity index (χ2n) is 11.5. The number of nitrogens with zero attached hydrogens (tertiary/aromatic N) is 4. The highest BCUT2D eigenvalue weighted by atomic mass is 16.5. The summed E-state index contributed by atoms with van der Waals surface area (Å²) in [5.41, 5.74) is 4.37. The third-order valence-electron chi connectivity index (χ3n) is 8.99. The van der Waals surface area contributed by atoms with E-state index in [1.54, 1.807) is 0 Å². The topological polar surface area (TPSA) is 44.9 Å². The van der Waals surface area contributed by atoms with E-state index in [1.165, 1.54) is 21.5 Å². The van der Waals surface area contributed by atoms with Crippen molar-refractivity contribution in [3.8, 4) is 23.1 Å². The number of para-hydroxylation sites is 1. The van der Waals surface area contributed by atoms with Crippen LogP contribution in [-0.2, 0) is 0 Å². The van der Waals surface area contributed by atoms with Crippen LogP contribution in [0.15, 0.2) is 146 Å². The summed E-state index contributed by atoms with van der Waals surface area (Å²) >= 11 is 0. The van der Waals surface area contributed by atoms with Gasteiger partial charge < -0.3 is 4.74 Å². The van der Waals surface area contributed by atoms with Gasteiger partial charge in [0.25, 0.3) is 0 Å². The largest absolute Gasteiger partial charge is 0.457 e. The van der Waals surface area contributed by atoms with E-state index in [0.29, 0.717) is 0 Å². The molecule has 45 heavy (non-hydrogen) atoms. The molecule has 0 aliphatic carbocycles. The molecule has 6 aromatic carbocycles. The second kappa shape index (κ2) is 9.15. The highest BCUT2D eigenvalue weighted by Crippen LogP contribution is 2.42. The summed E-state index contributed by atoms with van der Waals surface area (Å²) in [5.74, 6) is 3.33. The van der Waals surface area contributed by atoms with Gasteiger partial charge in [0.2, 0.25) is 0 Å². The number of benzene rings is 6. The van der Waals surface area contributed by atoms with Gasteiger partial charge >= 0.3 is 0 Å². The van der Waals surface area contributed by atoms with E-state index in [0.717, 1.165) is 66.7 Å². The molecule has 4 aromatic heterocycles. The summed E-state index contributed by atoms with van der Waals surface area (Å²) in [6, 6.07) is 46.5. The van der Waals surface area contributed by atoms with Crippen LogP contribution >= 0.6 is 0 Å². The van der Waals surface area contributed by atoms with Crippen LogP contribution < -0.4 is 4.74 Å². The summed E-state index contributed by atoms with van der Waals surface area (Å²) in [6.45, 7) is 0. The SMILES string of the molecule is c1ccc(-n2c3cccc4ccc5cc(Oc6ccc7c8ccccc8n(-c8nccc9ccccc89)c7c6)cc2c5c43)nc1. The van der Waals surface area contributed by atoms with Crippen molar-refractivity contribution >= 4 is 65.2 Å². The molecule has 0 fully saturated rings. The molecule has 5 nitrogen and oxygen atoms in total. The van der Waals surface area contributed by atoms with Crippen LogP contribution in [0.3, 0.4) is 0 Å². The predicted molar refractivity (Wildman–Crippen MR) is 183 cm³/mol. The standard InChI is InChI=1S/C40H24N4O/c1-2-10-30-25(8-1)19-21-42-40(30)44-33-12-4-3-11-31(33)32-18-17-28(23-35(32)44)45-29-22-27-16-15-26-9-7-13-34-38(26)39(27)36(24-29)43(34)37-14-5-6-20-41-37/h1-24H. The summed E-state index contributed by atoms with van der Waals surface area (Å²) in [4.78, 5) is 9.61. The Labute approximate surface area is 257 Å². The van der Waals surface area contributed by atoms with Crippen LogP contribution in [-0.4, -0.2) is 19.1 Å². The summed E-state index contributed by atoms with van der Waals surface area (Å²) in [7, 11) is 0. The van der Waals surface area contributed by atoms with E-state index in [1.807, 2.05) is 24.5 Å². The summed E-state index contributed by atoms with van der Waals surface area (Å²) in [6.07, 6.45) is 3.73. The van der Waals surface area contributed by atoms with Gasteiger partial charge in [0, 0.05) is 51.5 Å². The zero-order valence-corrected chi connectivity index (χ0v) is 24.1. The van der Waals surface area contributed by atoms with Gasteiger partial charge in [-0.2, -0.15) is 0 Å². The molecule has 0 N–H and O–H groups in total. The lowest BCUT2D eigenvalue weighted by molar-refractivity contribution is 0.484. The van der Waals surface area contributed by atoms with Crippen LogP contribution in [0.4, 0.5) is 0 Å². The zero-order chi connectivity index (χ0) is 29.5. The Morgan fingerprint density at radius 1 is 0.422 bits per heavy atom. The first kappa shape index (κ1) is 24.3. The molecule has 4 heterocycles. The first-order valence-electron chi connectivity index (χ1n) is 15.1. The smallest absolute Gasteiger partial charge is 0.145 e. The van der Waals surface area contributed by atoms with Crippen molar-refractivity contribution in [1.29, 1.82) is 0 Å². The van der Waals surface area contributed by atoms with E-state index in [9.17, 15) is 0 Å². The van der Waals surface area contributed by atoms with Gasteiger partial charge in [-0.1, -0.05) is 72.8 Å². The highest BCUT2D eigenvalue weighted by Gasteiger charge is 2.19. The number of rotatable bonds is 4. The van der Waals surface area contributed by atoms with E-state index in [4.69, 9.17) is 14.7 Å². The minimum absolute atomic E-state index is 0.763. The Hall–Kier alpha value is -6.20. The van der Waals surface area contributed by atoms with Gasteiger partial charge in [0.05, 0.1) is 22.1 Å². The number of ether oxygens (including phenoxy) is 1. The molecule has 0 saturated carbocycles. The Kier molecular flexibility index (Phi) is 4.93. The van der Waals surface area contributed by atoms with E-state index >= 15 is 0 Å². The van der Waals surface area contributed by atoms with Crippen molar-refractivity contribution < 1.29 is 4.74 Å². The lowest BCUT2D eigenvalue weighted by atomic mass is 10.0. The van der Waals surface area contributed by atoms with Gasteiger partial charge in [-0.3, -0.25) is 9.13 Å². The van der Waals surface area contributed by atoms with Crippen LogP contribution in [0.25, 0.3) is 76.8 Å².